The zero-order chi connectivity index (χ0) is 20.2. The molecule has 1 amide bonds. The van der Waals surface area contributed by atoms with Crippen LogP contribution in [0.4, 0.5) is 18.0 Å². The summed E-state index contributed by atoms with van der Waals surface area (Å²) in [6.07, 6.45) is -4.01. The molecule has 1 aromatic rings. The number of rotatable bonds is 5. The van der Waals surface area contributed by atoms with Gasteiger partial charge >= 0.3 is 12.5 Å². The number of para-hydroxylation sites is 1. The second-order valence-corrected chi connectivity index (χ2v) is 7.45. The normalized spacial score (nSPS) is 17.7. The molecule has 0 radical (unpaired) electrons. The van der Waals surface area contributed by atoms with Crippen molar-refractivity contribution in [2.45, 2.75) is 64.5 Å². The zero-order valence-corrected chi connectivity index (χ0v) is 15.6. The molecule has 150 valence electrons. The van der Waals surface area contributed by atoms with Crippen LogP contribution in [-0.4, -0.2) is 41.3 Å². The Hall–Kier alpha value is -2.25. The first-order valence-corrected chi connectivity index (χ1v) is 8.82. The minimum atomic E-state index is -4.79. The maximum Gasteiger partial charge on any atom is 0.573 e. The predicted octanol–water partition coefficient (Wildman–Crippen LogP) is 4.49. The van der Waals surface area contributed by atoms with E-state index in [1.165, 1.54) is 23.1 Å². The summed E-state index contributed by atoms with van der Waals surface area (Å²) in [5, 5.41) is 0. The quantitative estimate of drug-likeness (QED) is 0.747. The third-order valence-corrected chi connectivity index (χ3v) is 4.09. The minimum absolute atomic E-state index is 0.0161. The van der Waals surface area contributed by atoms with Gasteiger partial charge in [0, 0.05) is 13.0 Å². The lowest BCUT2D eigenvalue weighted by molar-refractivity contribution is -0.274. The average molecular weight is 387 g/mol. The highest BCUT2D eigenvalue weighted by Gasteiger charge is 2.36. The van der Waals surface area contributed by atoms with Gasteiger partial charge in [-0.05, 0) is 51.7 Å². The summed E-state index contributed by atoms with van der Waals surface area (Å²) in [5.74, 6) is -0.506. The molecule has 1 aliphatic rings. The highest BCUT2D eigenvalue weighted by Crippen LogP contribution is 2.28. The molecule has 1 atom stereocenters. The Morgan fingerprint density at radius 1 is 1.19 bits per heavy atom. The van der Waals surface area contributed by atoms with E-state index in [1.54, 1.807) is 26.8 Å². The molecule has 5 nitrogen and oxygen atoms in total. The van der Waals surface area contributed by atoms with Crippen molar-refractivity contribution in [3.05, 3.63) is 29.8 Å². The number of hydrogen-bond donors (Lipinski definition) is 0. The van der Waals surface area contributed by atoms with Crippen LogP contribution >= 0.6 is 0 Å². The van der Waals surface area contributed by atoms with Crippen molar-refractivity contribution in [3.63, 3.8) is 0 Å². The molecule has 0 aliphatic carbocycles. The van der Waals surface area contributed by atoms with Gasteiger partial charge in [0.2, 0.25) is 0 Å². The molecule has 1 heterocycles. The van der Waals surface area contributed by atoms with Gasteiger partial charge in [0.05, 0.1) is 6.04 Å². The summed E-state index contributed by atoms with van der Waals surface area (Å²) < 4.78 is 46.8. The Balaban J connectivity index is 2.00. The number of carbonyl (C=O) groups excluding carboxylic acids is 2. The number of ether oxygens (including phenoxy) is 2. The molecule has 0 N–H and O–H groups in total. The second kappa shape index (κ2) is 8.19. The molecule has 2 rings (SSSR count). The monoisotopic (exact) mass is 387 g/mol. The third kappa shape index (κ3) is 6.45. The summed E-state index contributed by atoms with van der Waals surface area (Å²) >= 11 is 0. The molecule has 1 aromatic carbocycles. The van der Waals surface area contributed by atoms with Gasteiger partial charge in [-0.2, -0.15) is 0 Å². The number of aryl methyl sites for hydroxylation is 1. The molecule has 0 spiro atoms. The van der Waals surface area contributed by atoms with Crippen LogP contribution in [0.5, 0.6) is 5.75 Å². The van der Waals surface area contributed by atoms with E-state index in [9.17, 15) is 22.8 Å². The molecule has 0 unspecified atom stereocenters. The summed E-state index contributed by atoms with van der Waals surface area (Å²) in [4.78, 5) is 26.3. The molecule has 0 saturated carbocycles. The average Bonchev–Trinajstić information content (AvgIpc) is 3.00. The number of Topliss-reactive ketones (excluding diaryl/α,β-unsaturated/α-hetero) is 1. The number of halogens is 3. The molecule has 1 fully saturated rings. The summed E-state index contributed by atoms with van der Waals surface area (Å²) in [6.45, 7) is 5.67. The van der Waals surface area contributed by atoms with E-state index in [1.807, 2.05) is 0 Å². The Kier molecular flexibility index (Phi) is 6.38. The van der Waals surface area contributed by atoms with E-state index in [0.717, 1.165) is 0 Å². The third-order valence-electron chi connectivity index (χ3n) is 4.09. The number of likely N-dealkylation sites (tertiary alicyclic amines) is 1. The number of alkyl halides is 3. The Labute approximate surface area is 156 Å². The lowest BCUT2D eigenvalue weighted by atomic mass is 10.0. The number of carbonyl (C=O) groups is 2. The summed E-state index contributed by atoms with van der Waals surface area (Å²) in [5.41, 5.74) is -0.369. The van der Waals surface area contributed by atoms with E-state index in [0.29, 0.717) is 24.9 Å². The highest BCUT2D eigenvalue weighted by molar-refractivity contribution is 5.88. The van der Waals surface area contributed by atoms with Gasteiger partial charge < -0.3 is 9.47 Å². The van der Waals surface area contributed by atoms with Gasteiger partial charge in [-0.25, -0.2) is 4.79 Å². The fourth-order valence-electron chi connectivity index (χ4n) is 3.00. The van der Waals surface area contributed by atoms with Crippen LogP contribution in [0.25, 0.3) is 0 Å². The summed E-state index contributed by atoms with van der Waals surface area (Å²) in [7, 11) is 0. The van der Waals surface area contributed by atoms with E-state index in [2.05, 4.69) is 4.74 Å². The highest BCUT2D eigenvalue weighted by atomic mass is 19.4. The smallest absolute Gasteiger partial charge is 0.444 e. The maximum absolute atomic E-state index is 12.6. The van der Waals surface area contributed by atoms with Crippen molar-refractivity contribution in [3.8, 4) is 5.75 Å². The van der Waals surface area contributed by atoms with Crippen LogP contribution in [0.3, 0.4) is 0 Å². The van der Waals surface area contributed by atoms with E-state index in [-0.39, 0.29) is 24.4 Å². The Morgan fingerprint density at radius 3 is 2.48 bits per heavy atom. The number of amides is 1. The van der Waals surface area contributed by atoms with Gasteiger partial charge in [-0.15, -0.1) is 13.2 Å². The largest absolute Gasteiger partial charge is 0.573 e. The first-order chi connectivity index (χ1) is 12.5. The zero-order valence-electron chi connectivity index (χ0n) is 15.6. The number of nitrogens with zero attached hydrogens (tertiary/aromatic N) is 1. The number of hydrogen-bond acceptors (Lipinski definition) is 4. The first-order valence-electron chi connectivity index (χ1n) is 8.82. The van der Waals surface area contributed by atoms with E-state index in [4.69, 9.17) is 4.74 Å². The van der Waals surface area contributed by atoms with E-state index >= 15 is 0 Å². The van der Waals surface area contributed by atoms with Crippen LogP contribution < -0.4 is 4.74 Å². The van der Waals surface area contributed by atoms with Crippen LogP contribution in [0.1, 0.15) is 45.6 Å². The van der Waals surface area contributed by atoms with Crippen molar-refractivity contribution < 1.29 is 32.2 Å². The second-order valence-electron chi connectivity index (χ2n) is 7.45. The topological polar surface area (TPSA) is 55.8 Å². The fourth-order valence-corrected chi connectivity index (χ4v) is 3.00. The van der Waals surface area contributed by atoms with Crippen LogP contribution in [0.2, 0.25) is 0 Å². The lowest BCUT2D eigenvalue weighted by Gasteiger charge is -2.28. The number of ketones is 1. The lowest BCUT2D eigenvalue weighted by Crippen LogP contribution is -2.43. The van der Waals surface area contributed by atoms with Gasteiger partial charge in [0.15, 0.2) is 5.78 Å². The van der Waals surface area contributed by atoms with Crippen LogP contribution in [0, 0.1) is 0 Å². The van der Waals surface area contributed by atoms with Gasteiger partial charge in [-0.1, -0.05) is 18.2 Å². The molecule has 1 saturated heterocycles. The van der Waals surface area contributed by atoms with Gasteiger partial charge in [-0.3, -0.25) is 9.69 Å². The van der Waals surface area contributed by atoms with Crippen LogP contribution in [0.15, 0.2) is 24.3 Å². The molecular weight excluding hydrogens is 363 g/mol. The van der Waals surface area contributed by atoms with Crippen molar-refractivity contribution in [2.75, 3.05) is 6.54 Å². The van der Waals surface area contributed by atoms with Crippen molar-refractivity contribution in [1.29, 1.82) is 0 Å². The fraction of sp³-hybridized carbons (Fsp3) is 0.579. The van der Waals surface area contributed by atoms with Crippen molar-refractivity contribution >= 4 is 11.9 Å². The Bertz CT molecular complexity index is 682. The maximum atomic E-state index is 12.6. The van der Waals surface area contributed by atoms with Gasteiger partial charge in [0.1, 0.15) is 11.4 Å². The molecular formula is C19H24F3NO4. The van der Waals surface area contributed by atoms with E-state index < -0.39 is 24.1 Å². The SMILES string of the molecule is CC(C)(C)OC(=O)N1CCC[C@H]1C(=O)CCc1ccccc1OC(F)(F)F. The molecule has 8 heteroatoms. The predicted molar refractivity (Wildman–Crippen MR) is 92.4 cm³/mol. The standard InChI is InChI=1S/C19H24F3NO4/c1-18(2,3)27-17(25)23-12-6-8-14(23)15(24)11-10-13-7-4-5-9-16(13)26-19(20,21)22/h4-5,7,9,14H,6,8,10-12H2,1-3H3/t14-/m0/s1. The van der Waals surface area contributed by atoms with Crippen LogP contribution in [-0.2, 0) is 16.0 Å². The Morgan fingerprint density at radius 2 is 1.85 bits per heavy atom. The molecule has 0 aromatic heterocycles. The molecule has 1 aliphatic heterocycles. The minimum Gasteiger partial charge on any atom is -0.444 e. The summed E-state index contributed by atoms with van der Waals surface area (Å²) in [6, 6.07) is 5.14. The molecule has 27 heavy (non-hydrogen) atoms. The first kappa shape index (κ1) is 21.1. The number of benzene rings is 1. The van der Waals surface area contributed by atoms with Crippen molar-refractivity contribution in [2.24, 2.45) is 0 Å². The molecule has 0 bridgehead atoms. The van der Waals surface area contributed by atoms with Gasteiger partial charge in [0.25, 0.3) is 0 Å². The van der Waals surface area contributed by atoms with Crippen molar-refractivity contribution in [1.82, 2.24) is 4.90 Å².